The van der Waals surface area contributed by atoms with Crippen LogP contribution in [-0.2, 0) is 4.79 Å². The van der Waals surface area contributed by atoms with Gasteiger partial charge in [-0.25, -0.2) is 0 Å². The zero-order chi connectivity index (χ0) is 13.0. The van der Waals surface area contributed by atoms with Crippen LogP contribution in [0.4, 0.5) is 0 Å². The van der Waals surface area contributed by atoms with E-state index < -0.39 is 12.0 Å². The van der Waals surface area contributed by atoms with E-state index in [0.29, 0.717) is 21.5 Å². The Labute approximate surface area is 108 Å². The Morgan fingerprint density at radius 2 is 2.12 bits per heavy atom. The van der Waals surface area contributed by atoms with Crippen molar-refractivity contribution in [2.75, 3.05) is 14.2 Å². The van der Waals surface area contributed by atoms with Gasteiger partial charge in [0.25, 0.3) is 0 Å². The maximum Gasteiger partial charge on any atom is 0.305 e. The average Bonchev–Trinajstić information content (AvgIpc) is 2.26. The lowest BCUT2D eigenvalue weighted by molar-refractivity contribution is -0.137. The highest BCUT2D eigenvalue weighted by atomic mass is 79.9. The molecule has 0 spiro atoms. The smallest absolute Gasteiger partial charge is 0.305 e. The number of methoxy groups -OCH3 is 2. The van der Waals surface area contributed by atoms with Gasteiger partial charge < -0.3 is 20.3 Å². The normalized spacial score (nSPS) is 12.0. The first-order valence-corrected chi connectivity index (χ1v) is 5.67. The van der Waals surface area contributed by atoms with Gasteiger partial charge >= 0.3 is 5.97 Å². The van der Waals surface area contributed by atoms with Gasteiger partial charge in [0.2, 0.25) is 0 Å². The average molecular weight is 304 g/mol. The summed E-state index contributed by atoms with van der Waals surface area (Å²) in [6.45, 7) is 0. The van der Waals surface area contributed by atoms with Gasteiger partial charge in [-0.05, 0) is 6.07 Å². The quantitative estimate of drug-likeness (QED) is 0.869. The molecule has 0 saturated heterocycles. The molecule has 0 saturated carbocycles. The number of nitrogens with two attached hydrogens (primary N) is 1. The Hall–Kier alpha value is -1.27. The Balaban J connectivity index is 3.17. The Bertz CT molecular complexity index is 422. The van der Waals surface area contributed by atoms with Crippen LogP contribution in [0.3, 0.4) is 0 Å². The molecule has 0 radical (unpaired) electrons. The van der Waals surface area contributed by atoms with Crippen LogP contribution in [0.15, 0.2) is 16.6 Å². The van der Waals surface area contributed by atoms with Crippen LogP contribution >= 0.6 is 15.9 Å². The molecule has 0 aliphatic carbocycles. The van der Waals surface area contributed by atoms with Gasteiger partial charge in [-0.15, -0.1) is 0 Å². The predicted molar refractivity (Wildman–Crippen MR) is 66.4 cm³/mol. The van der Waals surface area contributed by atoms with Crippen molar-refractivity contribution in [1.82, 2.24) is 0 Å². The van der Waals surface area contributed by atoms with Crippen molar-refractivity contribution in [2.24, 2.45) is 5.73 Å². The van der Waals surface area contributed by atoms with E-state index in [1.807, 2.05) is 0 Å². The molecular formula is C11H14BrNO4. The first-order chi connectivity index (χ1) is 7.99. The second-order valence-corrected chi connectivity index (χ2v) is 4.28. The van der Waals surface area contributed by atoms with Crippen molar-refractivity contribution in [3.63, 3.8) is 0 Å². The lowest BCUT2D eigenvalue weighted by Gasteiger charge is -2.17. The SMILES string of the molecule is COc1cc(Br)c(C(N)CC(=O)O)c(OC)c1. The molecule has 1 aromatic rings. The summed E-state index contributed by atoms with van der Waals surface area (Å²) < 4.78 is 10.9. The number of carboxylic acids is 1. The summed E-state index contributed by atoms with van der Waals surface area (Å²) in [4.78, 5) is 10.7. The third-order valence-electron chi connectivity index (χ3n) is 2.29. The molecule has 94 valence electrons. The molecule has 1 aromatic carbocycles. The third-order valence-corrected chi connectivity index (χ3v) is 2.94. The Kier molecular flexibility index (Phi) is 4.77. The number of halogens is 1. The van der Waals surface area contributed by atoms with Crippen molar-refractivity contribution in [3.8, 4) is 11.5 Å². The second kappa shape index (κ2) is 5.88. The van der Waals surface area contributed by atoms with Gasteiger partial charge in [0.1, 0.15) is 11.5 Å². The number of hydrogen-bond acceptors (Lipinski definition) is 4. The summed E-state index contributed by atoms with van der Waals surface area (Å²) in [5.74, 6) is 0.159. The van der Waals surface area contributed by atoms with E-state index in [1.165, 1.54) is 14.2 Å². The number of hydrogen-bond donors (Lipinski definition) is 2. The van der Waals surface area contributed by atoms with E-state index >= 15 is 0 Å². The van der Waals surface area contributed by atoms with E-state index in [2.05, 4.69) is 15.9 Å². The monoisotopic (exact) mass is 303 g/mol. The second-order valence-electron chi connectivity index (χ2n) is 3.43. The van der Waals surface area contributed by atoms with E-state index in [0.717, 1.165) is 0 Å². The summed E-state index contributed by atoms with van der Waals surface area (Å²) in [6.07, 6.45) is -0.165. The molecule has 1 atom stereocenters. The first kappa shape index (κ1) is 13.8. The molecule has 5 nitrogen and oxygen atoms in total. The van der Waals surface area contributed by atoms with E-state index in [9.17, 15) is 4.79 Å². The summed E-state index contributed by atoms with van der Waals surface area (Å²) in [5.41, 5.74) is 6.45. The van der Waals surface area contributed by atoms with Crippen molar-refractivity contribution in [1.29, 1.82) is 0 Å². The fourth-order valence-electron chi connectivity index (χ4n) is 1.51. The highest BCUT2D eigenvalue weighted by Gasteiger charge is 2.19. The molecule has 0 heterocycles. The maximum absolute atomic E-state index is 10.7. The van der Waals surface area contributed by atoms with Crippen molar-refractivity contribution >= 4 is 21.9 Å². The van der Waals surface area contributed by atoms with Crippen LogP contribution in [0.1, 0.15) is 18.0 Å². The zero-order valence-electron chi connectivity index (χ0n) is 9.57. The van der Waals surface area contributed by atoms with Crippen LogP contribution in [0.2, 0.25) is 0 Å². The van der Waals surface area contributed by atoms with Crippen molar-refractivity contribution in [3.05, 3.63) is 22.2 Å². The van der Waals surface area contributed by atoms with Gasteiger partial charge in [-0.2, -0.15) is 0 Å². The fourth-order valence-corrected chi connectivity index (χ4v) is 2.22. The molecule has 0 aromatic heterocycles. The van der Waals surface area contributed by atoms with Crippen LogP contribution < -0.4 is 15.2 Å². The van der Waals surface area contributed by atoms with Gasteiger partial charge in [0.05, 0.1) is 20.6 Å². The minimum absolute atomic E-state index is 0.165. The predicted octanol–water partition coefficient (Wildman–Crippen LogP) is 1.94. The minimum atomic E-state index is -0.956. The molecule has 0 bridgehead atoms. The summed E-state index contributed by atoms with van der Waals surface area (Å²) in [6, 6.07) is 2.75. The Morgan fingerprint density at radius 1 is 1.47 bits per heavy atom. The van der Waals surface area contributed by atoms with Crippen LogP contribution in [0.5, 0.6) is 11.5 Å². The van der Waals surface area contributed by atoms with Gasteiger partial charge in [0.15, 0.2) is 0 Å². The molecule has 17 heavy (non-hydrogen) atoms. The highest BCUT2D eigenvalue weighted by molar-refractivity contribution is 9.10. The van der Waals surface area contributed by atoms with E-state index in [1.54, 1.807) is 12.1 Å². The van der Waals surface area contributed by atoms with E-state index in [-0.39, 0.29) is 6.42 Å². The van der Waals surface area contributed by atoms with Gasteiger partial charge in [-0.1, -0.05) is 15.9 Å². The van der Waals surface area contributed by atoms with Crippen molar-refractivity contribution in [2.45, 2.75) is 12.5 Å². The number of ether oxygens (including phenoxy) is 2. The third kappa shape index (κ3) is 3.34. The lowest BCUT2D eigenvalue weighted by atomic mass is 10.0. The highest BCUT2D eigenvalue weighted by Crippen LogP contribution is 2.36. The maximum atomic E-state index is 10.7. The van der Waals surface area contributed by atoms with Crippen LogP contribution in [0.25, 0.3) is 0 Å². The number of carbonyl (C=O) groups is 1. The number of aliphatic carboxylic acids is 1. The van der Waals surface area contributed by atoms with Crippen LogP contribution in [0, 0.1) is 0 Å². The number of rotatable bonds is 5. The zero-order valence-corrected chi connectivity index (χ0v) is 11.2. The number of benzene rings is 1. The van der Waals surface area contributed by atoms with Crippen LogP contribution in [-0.4, -0.2) is 25.3 Å². The molecular weight excluding hydrogens is 290 g/mol. The number of carboxylic acid groups (broad SMARTS) is 1. The summed E-state index contributed by atoms with van der Waals surface area (Å²) in [7, 11) is 3.04. The van der Waals surface area contributed by atoms with E-state index in [4.69, 9.17) is 20.3 Å². The lowest BCUT2D eigenvalue weighted by Crippen LogP contribution is -2.16. The molecule has 1 unspecified atom stereocenters. The summed E-state index contributed by atoms with van der Waals surface area (Å²) >= 11 is 3.34. The molecule has 0 fully saturated rings. The fraction of sp³-hybridized carbons (Fsp3) is 0.364. The van der Waals surface area contributed by atoms with Gasteiger partial charge in [0, 0.05) is 22.1 Å². The molecule has 3 N–H and O–H groups in total. The van der Waals surface area contributed by atoms with Crippen molar-refractivity contribution < 1.29 is 19.4 Å². The minimum Gasteiger partial charge on any atom is -0.497 e. The largest absolute Gasteiger partial charge is 0.497 e. The molecule has 0 aliphatic rings. The first-order valence-electron chi connectivity index (χ1n) is 4.88. The topological polar surface area (TPSA) is 81.8 Å². The molecule has 0 aliphatic heterocycles. The Morgan fingerprint density at radius 3 is 2.59 bits per heavy atom. The molecule has 1 rings (SSSR count). The molecule has 0 amide bonds. The molecule has 6 heteroatoms. The standard InChI is InChI=1S/C11H14BrNO4/c1-16-6-3-7(12)11(9(4-6)17-2)8(13)5-10(14)15/h3-4,8H,5,13H2,1-2H3,(H,14,15). The van der Waals surface area contributed by atoms with Gasteiger partial charge in [-0.3, -0.25) is 4.79 Å². The summed E-state index contributed by atoms with van der Waals surface area (Å²) in [5, 5.41) is 8.74.